The second-order valence-corrected chi connectivity index (χ2v) is 17.8. The molecule has 9 heteroatoms. The average molecular weight is 643 g/mol. The molecule has 0 N–H and O–H groups in total. The van der Waals surface area contributed by atoms with Crippen LogP contribution in [-0.4, -0.2) is 38.1 Å². The molecule has 4 rings (SSSR count). The molecule has 0 aromatic heterocycles. The standard InChI is InChI=1S/C28H35IO7S/c1-26(2,3)35-25(31)18-34-23-13-11-22(12-14-23)29(21-9-7-6-8-10-21)36-37(32,33)19-28-16-15-20(17-24(28)30)27(28,4)5/h6-14,20H,15-19H2,1-5H3. The fourth-order valence-corrected chi connectivity index (χ4v) is 13.1. The fraction of sp³-hybridized carbons (Fsp3) is 0.500. The Labute approximate surface area is 227 Å². The molecule has 0 aliphatic heterocycles. The van der Waals surface area contributed by atoms with E-state index >= 15 is 0 Å². The van der Waals surface area contributed by atoms with Gasteiger partial charge in [-0.05, 0) is 0 Å². The Morgan fingerprint density at radius 2 is 1.65 bits per heavy atom. The third-order valence-electron chi connectivity index (χ3n) is 7.44. The van der Waals surface area contributed by atoms with Crippen LogP contribution >= 0.6 is 20.2 Å². The number of hydrogen-bond donors (Lipinski definition) is 0. The number of rotatable bonds is 9. The zero-order chi connectivity index (χ0) is 27.1. The number of fused-ring (bicyclic) bond motifs is 2. The molecule has 0 saturated heterocycles. The summed E-state index contributed by atoms with van der Waals surface area (Å²) in [7, 11) is -4.00. The van der Waals surface area contributed by atoms with Crippen molar-refractivity contribution in [2.45, 2.75) is 59.5 Å². The molecule has 202 valence electrons. The maximum atomic E-state index is 13.5. The monoisotopic (exact) mass is 642 g/mol. The fourth-order valence-electron chi connectivity index (χ4n) is 5.41. The van der Waals surface area contributed by atoms with Crippen molar-refractivity contribution in [3.8, 4) is 5.75 Å². The van der Waals surface area contributed by atoms with Gasteiger partial charge in [0, 0.05) is 0 Å². The van der Waals surface area contributed by atoms with Crippen LogP contribution < -0.4 is 4.74 Å². The van der Waals surface area contributed by atoms with E-state index in [0.29, 0.717) is 18.6 Å². The number of ether oxygens (including phenoxy) is 2. The van der Waals surface area contributed by atoms with Gasteiger partial charge in [-0.25, -0.2) is 0 Å². The van der Waals surface area contributed by atoms with Crippen molar-refractivity contribution < 1.29 is 30.0 Å². The Morgan fingerprint density at radius 3 is 2.19 bits per heavy atom. The van der Waals surface area contributed by atoms with Crippen LogP contribution in [0.2, 0.25) is 0 Å². The van der Waals surface area contributed by atoms with Gasteiger partial charge in [0.05, 0.1) is 0 Å². The van der Waals surface area contributed by atoms with Crippen LogP contribution in [0.25, 0.3) is 0 Å². The second kappa shape index (κ2) is 10.3. The quantitative estimate of drug-likeness (QED) is 0.259. The molecule has 37 heavy (non-hydrogen) atoms. The van der Waals surface area contributed by atoms with Gasteiger partial charge in [-0.1, -0.05) is 0 Å². The molecule has 2 aromatic rings. The number of esters is 1. The van der Waals surface area contributed by atoms with E-state index in [-0.39, 0.29) is 29.5 Å². The van der Waals surface area contributed by atoms with Crippen LogP contribution in [-0.2, 0) is 27.0 Å². The molecule has 2 aliphatic rings. The first kappa shape index (κ1) is 28.0. The summed E-state index contributed by atoms with van der Waals surface area (Å²) in [6.45, 7) is 9.18. The van der Waals surface area contributed by atoms with Crippen molar-refractivity contribution >= 4 is 42.1 Å². The van der Waals surface area contributed by atoms with Gasteiger partial charge in [0.2, 0.25) is 0 Å². The Balaban J connectivity index is 1.53. The molecule has 2 aromatic carbocycles. The summed E-state index contributed by atoms with van der Waals surface area (Å²) in [5.74, 6) is -0.00272. The van der Waals surface area contributed by atoms with Gasteiger partial charge in [0.25, 0.3) is 0 Å². The van der Waals surface area contributed by atoms with Gasteiger partial charge >= 0.3 is 228 Å². The number of carbonyl (C=O) groups excluding carboxylic acids is 2. The van der Waals surface area contributed by atoms with Crippen molar-refractivity contribution in [3.05, 3.63) is 61.7 Å². The van der Waals surface area contributed by atoms with E-state index < -0.39 is 47.3 Å². The van der Waals surface area contributed by atoms with Gasteiger partial charge in [0.1, 0.15) is 0 Å². The van der Waals surface area contributed by atoms with Crippen molar-refractivity contribution in [1.82, 2.24) is 0 Å². The molecule has 2 bridgehead atoms. The van der Waals surface area contributed by atoms with Crippen molar-refractivity contribution in [2.75, 3.05) is 12.4 Å². The SMILES string of the molecule is CC(C)(C)OC(=O)COc1ccc(I(OS(=O)(=O)CC23CCC(CC2=O)C3(C)C)c2ccccc2)cc1. The Bertz CT molecular complexity index is 1250. The predicted octanol–water partition coefficient (Wildman–Crippen LogP) is 5.61. The summed E-state index contributed by atoms with van der Waals surface area (Å²) < 4.78 is 45.4. The molecule has 0 spiro atoms. The van der Waals surface area contributed by atoms with Crippen molar-refractivity contribution in [3.63, 3.8) is 0 Å². The van der Waals surface area contributed by atoms with Gasteiger partial charge in [-0.15, -0.1) is 0 Å². The van der Waals surface area contributed by atoms with Gasteiger partial charge in [-0.3, -0.25) is 0 Å². The summed E-state index contributed by atoms with van der Waals surface area (Å²) in [6.07, 6.45) is 1.92. The molecular weight excluding hydrogens is 607 g/mol. The Kier molecular flexibility index (Phi) is 7.80. The first-order valence-electron chi connectivity index (χ1n) is 12.4. The van der Waals surface area contributed by atoms with E-state index in [1.807, 2.05) is 44.2 Å². The zero-order valence-electron chi connectivity index (χ0n) is 22.0. The van der Waals surface area contributed by atoms with Crippen molar-refractivity contribution in [2.24, 2.45) is 16.7 Å². The van der Waals surface area contributed by atoms with E-state index in [2.05, 4.69) is 0 Å². The summed E-state index contributed by atoms with van der Waals surface area (Å²) in [5, 5.41) is 0. The molecule has 7 nitrogen and oxygen atoms in total. The van der Waals surface area contributed by atoms with Crippen LogP contribution in [0.4, 0.5) is 0 Å². The van der Waals surface area contributed by atoms with E-state index in [0.717, 1.165) is 13.6 Å². The van der Waals surface area contributed by atoms with E-state index in [1.165, 1.54) is 0 Å². The molecule has 0 heterocycles. The van der Waals surface area contributed by atoms with Crippen LogP contribution in [0, 0.1) is 23.9 Å². The van der Waals surface area contributed by atoms with Gasteiger partial charge in [0.15, 0.2) is 0 Å². The van der Waals surface area contributed by atoms with Crippen LogP contribution in [0.15, 0.2) is 54.6 Å². The molecule has 2 atom stereocenters. The van der Waals surface area contributed by atoms with Crippen LogP contribution in [0.3, 0.4) is 0 Å². The number of ketones is 1. The first-order valence-corrected chi connectivity index (χ1v) is 17.0. The maximum absolute atomic E-state index is 13.5. The minimum absolute atomic E-state index is 0.0486. The number of Topliss-reactive ketones (excluding diaryl/α,β-unsaturated/α-hetero) is 1. The van der Waals surface area contributed by atoms with E-state index in [9.17, 15) is 18.0 Å². The molecule has 2 fully saturated rings. The predicted molar refractivity (Wildman–Crippen MR) is 149 cm³/mol. The van der Waals surface area contributed by atoms with Crippen LogP contribution in [0.5, 0.6) is 5.75 Å². The number of halogens is 1. The topological polar surface area (TPSA) is 96.0 Å². The Morgan fingerprint density at radius 1 is 1.03 bits per heavy atom. The Hall–Kier alpha value is -1.98. The van der Waals surface area contributed by atoms with E-state index in [4.69, 9.17) is 12.0 Å². The van der Waals surface area contributed by atoms with Crippen LogP contribution in [0.1, 0.15) is 53.9 Å². The first-order chi connectivity index (χ1) is 17.2. The summed E-state index contributed by atoms with van der Waals surface area (Å²) >= 11 is -2.89. The zero-order valence-corrected chi connectivity index (χ0v) is 24.9. The second-order valence-electron chi connectivity index (χ2n) is 11.3. The number of carbonyl (C=O) groups is 2. The molecule has 2 unspecified atom stereocenters. The summed E-state index contributed by atoms with van der Waals surface area (Å²) in [4.78, 5) is 24.9. The minimum atomic E-state index is -4.00. The number of benzene rings is 2. The average Bonchev–Trinajstić information content (AvgIpc) is 3.15. The van der Waals surface area contributed by atoms with E-state index in [1.54, 1.807) is 45.0 Å². The third-order valence-corrected chi connectivity index (χ3v) is 15.0. The van der Waals surface area contributed by atoms with Gasteiger partial charge in [-0.2, -0.15) is 0 Å². The molecule has 0 radical (unpaired) electrons. The molecule has 2 saturated carbocycles. The summed E-state index contributed by atoms with van der Waals surface area (Å²) in [5.41, 5.74) is -1.84. The molecular formula is C28H35IO7S. The molecule has 0 amide bonds. The van der Waals surface area contributed by atoms with Gasteiger partial charge < -0.3 is 0 Å². The number of hydrogen-bond acceptors (Lipinski definition) is 7. The van der Waals surface area contributed by atoms with Crippen molar-refractivity contribution in [1.29, 1.82) is 0 Å². The normalized spacial score (nSPS) is 23.1. The third kappa shape index (κ3) is 6.04. The summed E-state index contributed by atoms with van der Waals surface area (Å²) in [6, 6.07) is 16.3. The molecule has 2 aliphatic carbocycles.